The third-order valence-corrected chi connectivity index (χ3v) is 12.7. The topological polar surface area (TPSA) is 578 Å². The van der Waals surface area contributed by atoms with Crippen molar-refractivity contribution in [2.45, 2.75) is 211 Å². The number of alkyl halides is 3. The van der Waals surface area contributed by atoms with Gasteiger partial charge in [0.15, 0.2) is 0 Å². The third-order valence-electron chi connectivity index (χ3n) is 12.7. The molecule has 504 valence electrons. The summed E-state index contributed by atoms with van der Waals surface area (Å²) in [7, 11) is 0. The lowest BCUT2D eigenvalue weighted by Crippen LogP contribution is -2.62. The minimum absolute atomic E-state index is 0.0588. The lowest BCUT2D eigenvalue weighted by Gasteiger charge is -2.29. The van der Waals surface area contributed by atoms with Crippen LogP contribution >= 0.6 is 0 Å². The summed E-state index contributed by atoms with van der Waals surface area (Å²) in [5, 5.41) is 67.4. The van der Waals surface area contributed by atoms with Crippen LogP contribution in [0.25, 0.3) is 0 Å². The SMILES string of the molecule is CC(C)C[C@H](NC(=O)[C@H](CCC(=O)O)NC(=O)[C@H](CCC(N)=O)NC(=O)[C@H](C)NC(=O)[C@@H](NC(=O)[C@@H](NC(=O)[C@H](CCCCN)NC(=O)[C@H](CCCCN)NC(=O)[C@@H](N)CCCCN)C(C)C)[C@@H](C)O)C(=O)N[C@@H](CC(=O)O)C(=O)O.O=C(O)C(F)(F)F. The Kier molecular flexibility index (Phi) is 40.1. The van der Waals surface area contributed by atoms with Gasteiger partial charge in [0.2, 0.25) is 59.1 Å². The van der Waals surface area contributed by atoms with E-state index in [0.717, 1.165) is 13.8 Å². The number of nitrogens with one attached hydrogen (secondary N) is 9. The highest BCUT2D eigenvalue weighted by atomic mass is 19.4. The number of unbranched alkanes of at least 4 members (excludes halogenated alkanes) is 3. The quantitative estimate of drug-likeness (QED) is 0.0256. The smallest absolute Gasteiger partial charge is 0.481 e. The van der Waals surface area contributed by atoms with Crippen LogP contribution in [0.15, 0.2) is 0 Å². The second kappa shape index (κ2) is 42.9. The van der Waals surface area contributed by atoms with Gasteiger partial charge in [0.25, 0.3) is 0 Å². The molecule has 0 spiro atoms. The van der Waals surface area contributed by atoms with Gasteiger partial charge in [-0.1, -0.05) is 34.1 Å². The van der Waals surface area contributed by atoms with E-state index in [1.54, 1.807) is 27.7 Å². The Morgan fingerprint density at radius 1 is 0.432 bits per heavy atom. The van der Waals surface area contributed by atoms with Gasteiger partial charge in [-0.25, -0.2) is 9.59 Å². The largest absolute Gasteiger partial charge is 0.490 e. The van der Waals surface area contributed by atoms with Crippen LogP contribution in [0.3, 0.4) is 0 Å². The minimum atomic E-state index is -5.08. The normalized spacial score (nSPS) is 15.0. The molecule has 0 radical (unpaired) electrons. The Morgan fingerprint density at radius 2 is 0.795 bits per heavy atom. The molecule has 0 heterocycles. The van der Waals surface area contributed by atoms with Crippen molar-refractivity contribution >= 4 is 82.9 Å². The van der Waals surface area contributed by atoms with Crippen LogP contribution in [0, 0.1) is 11.8 Å². The Morgan fingerprint density at radius 3 is 1.18 bits per heavy atom. The number of primary amides is 1. The van der Waals surface area contributed by atoms with Gasteiger partial charge in [-0.05, 0) is 116 Å². The number of nitrogens with two attached hydrogens (primary N) is 5. The Balaban J connectivity index is 0. The zero-order valence-corrected chi connectivity index (χ0v) is 50.2. The molecular weight excluding hydrogens is 1180 g/mol. The highest BCUT2D eigenvalue weighted by Gasteiger charge is 2.39. The molecule has 0 aromatic heterocycles. The number of hydrogen-bond acceptors (Lipinski definition) is 19. The number of amides is 10. The van der Waals surface area contributed by atoms with E-state index in [2.05, 4.69) is 42.5 Å². The number of aliphatic carboxylic acids is 4. The van der Waals surface area contributed by atoms with Crippen LogP contribution in [0.4, 0.5) is 13.2 Å². The fourth-order valence-electron chi connectivity index (χ4n) is 7.80. The van der Waals surface area contributed by atoms with Crippen LogP contribution in [-0.4, -0.2) is 201 Å². The molecule has 0 aliphatic rings. The standard InChI is InChI=1S/C50H90N14O17.C2HF3O2/c1-25(2)23-34(47(77)62-35(50(80)81)24-38(69)70)61-45(75)33(17-19-37(67)68)60-44(74)32(16-18-36(55)66)57-41(71)27(5)56-49(79)40(28(6)65)64-48(78)39(26(3)4)63-46(76)31(15-9-12-22-53)59-43(73)30(14-8-11-21-52)58-42(72)29(54)13-7-10-20-51;3-2(4,5)1(6)7/h25-35,39-40,65H,7-24,51-54H2,1-6H3,(H2,55,66)(H,56,79)(H,57,71)(H,58,72)(H,59,73)(H,60,74)(H,61,75)(H,62,77)(H,63,76)(H,64,78)(H,67,68)(H,69,70)(H,80,81);(H,6,7)/t27-,28+,29-,30-,31-,32-,33-,34-,35-,39-,40-;/m0./s1. The summed E-state index contributed by atoms with van der Waals surface area (Å²) in [4.78, 5) is 178. The molecule has 36 heteroatoms. The fraction of sp³-hybridized carbons (Fsp3) is 0.731. The van der Waals surface area contributed by atoms with Crippen molar-refractivity contribution in [1.29, 1.82) is 0 Å². The molecule has 0 aliphatic heterocycles. The fourth-order valence-corrected chi connectivity index (χ4v) is 7.80. The third kappa shape index (κ3) is 35.1. The molecule has 0 fully saturated rings. The van der Waals surface area contributed by atoms with E-state index in [1.807, 2.05) is 5.32 Å². The molecule has 88 heavy (non-hydrogen) atoms. The average molecular weight is 1270 g/mol. The van der Waals surface area contributed by atoms with Crippen molar-refractivity contribution in [2.24, 2.45) is 40.5 Å². The number of carboxylic acid groups (broad SMARTS) is 4. The second-order valence-electron chi connectivity index (χ2n) is 21.3. The number of carboxylic acids is 4. The summed E-state index contributed by atoms with van der Waals surface area (Å²) in [5.41, 5.74) is 28.3. The van der Waals surface area contributed by atoms with E-state index in [9.17, 15) is 90.8 Å². The monoisotopic (exact) mass is 1270 g/mol. The molecule has 11 atom stereocenters. The number of carbonyl (C=O) groups excluding carboxylic acids is 10. The highest BCUT2D eigenvalue weighted by molar-refractivity contribution is 5.99. The van der Waals surface area contributed by atoms with Crippen LogP contribution in [0.2, 0.25) is 0 Å². The molecule has 24 N–H and O–H groups in total. The molecule has 10 amide bonds. The van der Waals surface area contributed by atoms with E-state index in [0.29, 0.717) is 58.0 Å². The van der Waals surface area contributed by atoms with Crippen molar-refractivity contribution in [3.05, 3.63) is 0 Å². The molecule has 33 nitrogen and oxygen atoms in total. The summed E-state index contributed by atoms with van der Waals surface area (Å²) in [6.07, 6.45) is -6.72. The van der Waals surface area contributed by atoms with Crippen molar-refractivity contribution < 1.29 is 106 Å². The van der Waals surface area contributed by atoms with E-state index >= 15 is 0 Å². The first-order valence-electron chi connectivity index (χ1n) is 28.4. The molecule has 0 bridgehead atoms. The Labute approximate surface area is 506 Å². The van der Waals surface area contributed by atoms with E-state index in [-0.39, 0.29) is 31.7 Å². The summed E-state index contributed by atoms with van der Waals surface area (Å²) in [6.45, 7) is 9.67. The zero-order valence-electron chi connectivity index (χ0n) is 50.2. The maximum atomic E-state index is 14.0. The van der Waals surface area contributed by atoms with Crippen LogP contribution in [0.1, 0.15) is 138 Å². The van der Waals surface area contributed by atoms with Crippen molar-refractivity contribution in [1.82, 2.24) is 47.9 Å². The predicted octanol–water partition coefficient (Wildman–Crippen LogP) is -4.51. The van der Waals surface area contributed by atoms with Crippen LogP contribution in [0.5, 0.6) is 0 Å². The summed E-state index contributed by atoms with van der Waals surface area (Å²) >= 11 is 0. The van der Waals surface area contributed by atoms with Gasteiger partial charge in [-0.15, -0.1) is 0 Å². The Hall–Kier alpha value is -7.83. The van der Waals surface area contributed by atoms with Gasteiger partial charge in [0, 0.05) is 12.8 Å². The number of rotatable bonds is 43. The van der Waals surface area contributed by atoms with Crippen LogP contribution in [-0.2, 0) is 67.1 Å². The van der Waals surface area contributed by atoms with Gasteiger partial charge < -0.3 is 102 Å². The van der Waals surface area contributed by atoms with Gasteiger partial charge in [0.1, 0.15) is 54.4 Å². The maximum absolute atomic E-state index is 14.0. The molecule has 0 aromatic carbocycles. The lowest BCUT2D eigenvalue weighted by atomic mass is 10.00. The van der Waals surface area contributed by atoms with Gasteiger partial charge in [0.05, 0.1) is 18.6 Å². The molecule has 0 saturated heterocycles. The second-order valence-corrected chi connectivity index (χ2v) is 21.3. The molecule has 0 aromatic rings. The molecule has 0 aliphatic carbocycles. The van der Waals surface area contributed by atoms with E-state index < -0.39 is 194 Å². The number of halogens is 3. The maximum Gasteiger partial charge on any atom is 0.490 e. The Bertz CT molecular complexity index is 2330. The molecule has 0 rings (SSSR count). The molecule has 0 saturated carbocycles. The first-order valence-corrected chi connectivity index (χ1v) is 28.4. The van der Waals surface area contributed by atoms with Gasteiger partial charge in [-0.3, -0.25) is 57.5 Å². The average Bonchev–Trinajstić information content (AvgIpc) is 3.41. The van der Waals surface area contributed by atoms with Gasteiger partial charge >= 0.3 is 30.1 Å². The molecule has 0 unspecified atom stereocenters. The lowest BCUT2D eigenvalue weighted by molar-refractivity contribution is -0.192. The summed E-state index contributed by atoms with van der Waals surface area (Å²) < 4.78 is 31.7. The number of carbonyl (C=O) groups is 14. The summed E-state index contributed by atoms with van der Waals surface area (Å²) in [6, 6.07) is -15.0. The number of aliphatic hydroxyl groups excluding tert-OH is 1. The van der Waals surface area contributed by atoms with E-state index in [1.165, 1.54) is 0 Å². The number of aliphatic hydroxyl groups is 1. The zero-order chi connectivity index (χ0) is 68.2. The number of hydrogen-bond donors (Lipinski definition) is 19. The summed E-state index contributed by atoms with van der Waals surface area (Å²) in [5.74, 6) is -18.1. The first-order chi connectivity index (χ1) is 40.8. The molecular formula is C52H91F3N14O19. The van der Waals surface area contributed by atoms with Crippen molar-refractivity contribution in [3.8, 4) is 0 Å². The minimum Gasteiger partial charge on any atom is -0.481 e. The van der Waals surface area contributed by atoms with E-state index in [4.69, 9.17) is 43.7 Å². The van der Waals surface area contributed by atoms with Crippen molar-refractivity contribution in [2.75, 3.05) is 19.6 Å². The van der Waals surface area contributed by atoms with Gasteiger partial charge in [-0.2, -0.15) is 13.2 Å². The highest BCUT2D eigenvalue weighted by Crippen LogP contribution is 2.14. The predicted molar refractivity (Wildman–Crippen MR) is 305 cm³/mol. The first kappa shape index (κ1) is 82.2. The van der Waals surface area contributed by atoms with Crippen molar-refractivity contribution in [3.63, 3.8) is 0 Å². The van der Waals surface area contributed by atoms with Crippen LogP contribution < -0.4 is 76.5 Å².